The maximum absolute atomic E-state index is 4.55. The molecule has 23 heavy (non-hydrogen) atoms. The van der Waals surface area contributed by atoms with Crippen molar-refractivity contribution in [2.45, 2.75) is 0 Å². The van der Waals surface area contributed by atoms with Gasteiger partial charge >= 0.3 is 0 Å². The van der Waals surface area contributed by atoms with Crippen LogP contribution in [0.3, 0.4) is 0 Å². The molecule has 2 aromatic carbocycles. The van der Waals surface area contributed by atoms with E-state index >= 15 is 0 Å². The molecular formula is C21H17N2+. The van der Waals surface area contributed by atoms with Crippen LogP contribution in [0.25, 0.3) is 33.3 Å². The zero-order chi connectivity index (χ0) is 15.6. The monoisotopic (exact) mass is 297 g/mol. The van der Waals surface area contributed by atoms with Gasteiger partial charge in [-0.05, 0) is 29.7 Å². The lowest BCUT2D eigenvalue weighted by molar-refractivity contribution is -0.660. The van der Waals surface area contributed by atoms with Gasteiger partial charge in [0.15, 0.2) is 6.20 Å². The van der Waals surface area contributed by atoms with E-state index in [0.29, 0.717) is 0 Å². The molecule has 0 aliphatic heterocycles. The molecule has 2 heteroatoms. The van der Waals surface area contributed by atoms with Crippen LogP contribution in [0.5, 0.6) is 0 Å². The Morgan fingerprint density at radius 3 is 2.26 bits per heavy atom. The van der Waals surface area contributed by atoms with Crippen LogP contribution in [0.2, 0.25) is 0 Å². The molecule has 2 aromatic heterocycles. The normalized spacial score (nSPS) is 10.8. The van der Waals surface area contributed by atoms with Crippen LogP contribution in [0.4, 0.5) is 0 Å². The summed E-state index contributed by atoms with van der Waals surface area (Å²) in [5.41, 5.74) is 4.60. The van der Waals surface area contributed by atoms with E-state index in [1.807, 2.05) is 24.4 Å². The highest BCUT2D eigenvalue weighted by atomic mass is 14.9. The first-order chi connectivity index (χ1) is 11.3. The minimum absolute atomic E-state index is 1.00. The van der Waals surface area contributed by atoms with Gasteiger partial charge in [0.2, 0.25) is 5.69 Å². The van der Waals surface area contributed by atoms with Crippen molar-refractivity contribution in [2.24, 2.45) is 7.05 Å². The number of fused-ring (bicyclic) bond motifs is 1. The highest BCUT2D eigenvalue weighted by Crippen LogP contribution is 2.34. The molecule has 0 fully saturated rings. The summed E-state index contributed by atoms with van der Waals surface area (Å²) < 4.78 is 2.16. The van der Waals surface area contributed by atoms with Crippen molar-refractivity contribution in [2.75, 3.05) is 0 Å². The van der Waals surface area contributed by atoms with Gasteiger partial charge in [-0.25, -0.2) is 4.57 Å². The molecule has 0 saturated heterocycles. The number of nitrogens with zero attached hydrogens (tertiary/aromatic N) is 2. The SMILES string of the molecule is C[n+]1ccccc1-c1cccc2cccc(-c3ccccn3)c12. The van der Waals surface area contributed by atoms with Gasteiger partial charge in [-0.2, -0.15) is 0 Å². The standard InChI is InChI=1S/C21H17N2/c1-23-15-5-3-13-20(23)18-11-7-9-16-8-6-10-17(21(16)18)19-12-2-4-14-22-19/h2-15H,1H3/q+1. The van der Waals surface area contributed by atoms with Crippen LogP contribution in [-0.2, 0) is 7.05 Å². The van der Waals surface area contributed by atoms with Gasteiger partial charge < -0.3 is 0 Å². The lowest BCUT2D eigenvalue weighted by Gasteiger charge is -2.10. The number of pyridine rings is 2. The van der Waals surface area contributed by atoms with Gasteiger partial charge in [-0.1, -0.05) is 36.4 Å². The molecule has 0 bridgehead atoms. The topological polar surface area (TPSA) is 16.8 Å². The zero-order valence-corrected chi connectivity index (χ0v) is 13.0. The van der Waals surface area contributed by atoms with Gasteiger partial charge in [0, 0.05) is 29.3 Å². The fraction of sp³-hybridized carbons (Fsp3) is 0.0476. The molecule has 0 amide bonds. The Balaban J connectivity index is 2.09. The fourth-order valence-electron chi connectivity index (χ4n) is 3.09. The van der Waals surface area contributed by atoms with E-state index in [4.69, 9.17) is 0 Å². The minimum Gasteiger partial charge on any atom is -0.256 e. The fourth-order valence-corrected chi connectivity index (χ4v) is 3.09. The number of benzene rings is 2. The Hall–Kier alpha value is -3.00. The third kappa shape index (κ3) is 2.38. The summed E-state index contributed by atoms with van der Waals surface area (Å²) in [4.78, 5) is 4.55. The molecule has 4 rings (SSSR count). The molecule has 2 heterocycles. The highest BCUT2D eigenvalue weighted by Gasteiger charge is 2.15. The summed E-state index contributed by atoms with van der Waals surface area (Å²) in [5.74, 6) is 0. The number of hydrogen-bond donors (Lipinski definition) is 0. The van der Waals surface area contributed by atoms with Gasteiger partial charge in [0.25, 0.3) is 0 Å². The Kier molecular flexibility index (Phi) is 3.35. The molecule has 0 radical (unpaired) electrons. The predicted molar refractivity (Wildman–Crippen MR) is 93.8 cm³/mol. The summed E-state index contributed by atoms with van der Waals surface area (Å²) in [5, 5.41) is 2.48. The number of aryl methyl sites for hydroxylation is 1. The van der Waals surface area contributed by atoms with Gasteiger partial charge in [0.05, 0.1) is 11.3 Å². The van der Waals surface area contributed by atoms with Crippen LogP contribution in [0, 0.1) is 0 Å². The van der Waals surface area contributed by atoms with E-state index in [9.17, 15) is 0 Å². The van der Waals surface area contributed by atoms with Crippen LogP contribution in [0.15, 0.2) is 85.2 Å². The van der Waals surface area contributed by atoms with E-state index in [0.717, 1.165) is 5.69 Å². The maximum Gasteiger partial charge on any atom is 0.212 e. The van der Waals surface area contributed by atoms with Crippen molar-refractivity contribution in [1.82, 2.24) is 4.98 Å². The first-order valence-corrected chi connectivity index (χ1v) is 7.73. The van der Waals surface area contributed by atoms with Crippen LogP contribution in [-0.4, -0.2) is 4.98 Å². The molecular weight excluding hydrogens is 280 g/mol. The third-order valence-corrected chi connectivity index (χ3v) is 4.18. The van der Waals surface area contributed by atoms with Crippen molar-refractivity contribution in [3.63, 3.8) is 0 Å². The van der Waals surface area contributed by atoms with Crippen molar-refractivity contribution in [1.29, 1.82) is 0 Å². The third-order valence-electron chi connectivity index (χ3n) is 4.18. The predicted octanol–water partition coefficient (Wildman–Crippen LogP) is 4.39. The summed E-state index contributed by atoms with van der Waals surface area (Å²) in [6, 6.07) is 25.2. The van der Waals surface area contributed by atoms with Crippen LogP contribution >= 0.6 is 0 Å². The number of aromatic nitrogens is 2. The van der Waals surface area contributed by atoms with E-state index in [-0.39, 0.29) is 0 Å². The van der Waals surface area contributed by atoms with Crippen LogP contribution in [0.1, 0.15) is 0 Å². The van der Waals surface area contributed by atoms with Crippen molar-refractivity contribution < 1.29 is 4.57 Å². The van der Waals surface area contributed by atoms with Gasteiger partial charge in [-0.15, -0.1) is 0 Å². The molecule has 0 aliphatic carbocycles. The Bertz CT molecular complexity index is 970. The molecule has 0 saturated carbocycles. The van der Waals surface area contributed by atoms with E-state index < -0.39 is 0 Å². The second kappa shape index (κ2) is 5.65. The lowest BCUT2D eigenvalue weighted by atomic mass is 9.95. The van der Waals surface area contributed by atoms with Crippen molar-refractivity contribution in [3.8, 4) is 22.5 Å². The molecule has 2 nitrogen and oxygen atoms in total. The second-order valence-electron chi connectivity index (χ2n) is 5.62. The number of hydrogen-bond acceptors (Lipinski definition) is 1. The summed E-state index contributed by atoms with van der Waals surface area (Å²) in [6.07, 6.45) is 3.93. The Morgan fingerprint density at radius 1 is 0.739 bits per heavy atom. The number of rotatable bonds is 2. The second-order valence-corrected chi connectivity index (χ2v) is 5.62. The molecule has 0 aliphatic rings. The highest BCUT2D eigenvalue weighted by molar-refractivity contribution is 6.04. The van der Waals surface area contributed by atoms with E-state index in [1.54, 1.807) is 0 Å². The van der Waals surface area contributed by atoms with E-state index in [1.165, 1.54) is 27.6 Å². The smallest absolute Gasteiger partial charge is 0.212 e. The first-order valence-electron chi connectivity index (χ1n) is 7.73. The average Bonchev–Trinajstić information content (AvgIpc) is 2.62. The zero-order valence-electron chi connectivity index (χ0n) is 13.0. The first kappa shape index (κ1) is 13.6. The van der Waals surface area contributed by atoms with Crippen LogP contribution < -0.4 is 4.57 Å². The largest absolute Gasteiger partial charge is 0.256 e. The van der Waals surface area contributed by atoms with Crippen molar-refractivity contribution >= 4 is 10.8 Å². The Morgan fingerprint density at radius 2 is 1.52 bits per heavy atom. The molecule has 110 valence electrons. The van der Waals surface area contributed by atoms with E-state index in [2.05, 4.69) is 77.4 Å². The molecule has 0 spiro atoms. The van der Waals surface area contributed by atoms with Crippen molar-refractivity contribution in [3.05, 3.63) is 85.2 Å². The lowest BCUT2D eigenvalue weighted by Crippen LogP contribution is -2.29. The summed E-state index contributed by atoms with van der Waals surface area (Å²) >= 11 is 0. The quantitative estimate of drug-likeness (QED) is 0.501. The maximum atomic E-state index is 4.55. The molecule has 0 N–H and O–H groups in total. The molecule has 4 aromatic rings. The molecule has 0 atom stereocenters. The summed E-state index contributed by atoms with van der Waals surface area (Å²) in [7, 11) is 2.08. The molecule has 0 unspecified atom stereocenters. The van der Waals surface area contributed by atoms with Gasteiger partial charge in [-0.3, -0.25) is 4.98 Å². The van der Waals surface area contributed by atoms with Gasteiger partial charge in [0.1, 0.15) is 7.05 Å². The minimum atomic E-state index is 1.00. The Labute approximate surface area is 135 Å². The average molecular weight is 297 g/mol. The summed E-state index contributed by atoms with van der Waals surface area (Å²) in [6.45, 7) is 0.